The number of rotatable bonds is 7. The van der Waals surface area contributed by atoms with Crippen LogP contribution in [-0.4, -0.2) is 49.7 Å². The summed E-state index contributed by atoms with van der Waals surface area (Å²) in [7, 11) is 1.51. The lowest BCUT2D eigenvalue weighted by Gasteiger charge is -2.43. The smallest absolute Gasteiger partial charge is 0.256 e. The van der Waals surface area contributed by atoms with E-state index in [2.05, 4.69) is 36.1 Å². The van der Waals surface area contributed by atoms with Gasteiger partial charge in [-0.25, -0.2) is 4.39 Å². The number of amides is 1. The lowest BCUT2D eigenvalue weighted by Crippen LogP contribution is -2.55. The molecule has 0 radical (unpaired) electrons. The molecule has 1 amide bonds. The molecule has 1 aliphatic heterocycles. The molecule has 0 saturated carbocycles. The van der Waals surface area contributed by atoms with Gasteiger partial charge in [0.25, 0.3) is 5.91 Å². The van der Waals surface area contributed by atoms with Crippen LogP contribution in [0.4, 0.5) is 10.1 Å². The first kappa shape index (κ1) is 21.5. The van der Waals surface area contributed by atoms with Crippen LogP contribution in [0.15, 0.2) is 54.6 Å². The number of carbonyl (C=O) groups is 1. The van der Waals surface area contributed by atoms with Crippen LogP contribution >= 0.6 is 0 Å². The first-order chi connectivity index (χ1) is 14.0. The summed E-state index contributed by atoms with van der Waals surface area (Å²) in [6.07, 6.45) is 1.21. The Morgan fingerprint density at radius 2 is 1.90 bits per heavy atom. The summed E-state index contributed by atoms with van der Waals surface area (Å²) in [4.78, 5) is 17.2. The fourth-order valence-corrected chi connectivity index (χ4v) is 4.14. The lowest BCUT2D eigenvalue weighted by molar-refractivity contribution is -0.128. The Hall–Kier alpha value is -2.24. The monoisotopic (exact) mass is 398 g/mol. The predicted octanol–water partition coefficient (Wildman–Crippen LogP) is 4.15. The van der Waals surface area contributed by atoms with Crippen LogP contribution in [0.3, 0.4) is 0 Å². The van der Waals surface area contributed by atoms with Gasteiger partial charge in [-0.1, -0.05) is 49.4 Å². The highest BCUT2D eigenvalue weighted by Gasteiger charge is 2.36. The Bertz CT molecular complexity index is 798. The summed E-state index contributed by atoms with van der Waals surface area (Å²) in [5, 5.41) is 0. The summed E-state index contributed by atoms with van der Waals surface area (Å²) in [5.41, 5.74) is 1.68. The van der Waals surface area contributed by atoms with Crippen molar-refractivity contribution >= 4 is 11.6 Å². The number of para-hydroxylation sites is 1. The first-order valence-corrected chi connectivity index (χ1v) is 10.4. The van der Waals surface area contributed by atoms with E-state index in [4.69, 9.17) is 4.74 Å². The highest BCUT2D eigenvalue weighted by Crippen LogP contribution is 2.30. The van der Waals surface area contributed by atoms with E-state index in [0.29, 0.717) is 5.69 Å². The molecule has 0 spiro atoms. The quantitative estimate of drug-likeness (QED) is 0.703. The average molecular weight is 399 g/mol. The maximum atomic E-state index is 14.6. The number of halogens is 1. The van der Waals surface area contributed by atoms with Gasteiger partial charge in [0.2, 0.25) is 0 Å². The second-order valence-corrected chi connectivity index (χ2v) is 7.91. The molecule has 1 saturated heterocycles. The third-order valence-electron chi connectivity index (χ3n) is 5.89. The van der Waals surface area contributed by atoms with E-state index in [1.165, 1.54) is 18.7 Å². The number of anilines is 1. The molecule has 0 aromatic heterocycles. The lowest BCUT2D eigenvalue weighted by atomic mass is 9.91. The van der Waals surface area contributed by atoms with Gasteiger partial charge in [-0.15, -0.1) is 0 Å². The molecule has 0 N–H and O–H groups in total. The Balaban J connectivity index is 1.72. The highest BCUT2D eigenvalue weighted by atomic mass is 19.1. The van der Waals surface area contributed by atoms with Gasteiger partial charge < -0.3 is 14.5 Å². The van der Waals surface area contributed by atoms with Crippen molar-refractivity contribution in [2.45, 2.75) is 38.8 Å². The minimum atomic E-state index is -0.613. The second-order valence-electron chi connectivity index (χ2n) is 7.91. The number of ether oxygens (including phenoxy) is 1. The maximum Gasteiger partial charge on any atom is 0.256 e. The van der Waals surface area contributed by atoms with Gasteiger partial charge in [0.1, 0.15) is 11.9 Å². The number of nitrogens with zero attached hydrogens (tertiary/aromatic N) is 2. The number of piperidine rings is 1. The number of benzene rings is 2. The van der Waals surface area contributed by atoms with Gasteiger partial charge in [0.15, 0.2) is 0 Å². The van der Waals surface area contributed by atoms with E-state index in [1.807, 2.05) is 6.07 Å². The third-order valence-corrected chi connectivity index (χ3v) is 5.89. The van der Waals surface area contributed by atoms with E-state index < -0.39 is 6.10 Å². The zero-order chi connectivity index (χ0) is 20.8. The third kappa shape index (κ3) is 5.22. The Morgan fingerprint density at radius 1 is 1.21 bits per heavy atom. The zero-order valence-electron chi connectivity index (χ0n) is 17.6. The Morgan fingerprint density at radius 3 is 2.55 bits per heavy atom. The van der Waals surface area contributed by atoms with E-state index in [0.717, 1.165) is 32.5 Å². The number of carbonyl (C=O) groups excluding carboxylic acids is 1. The van der Waals surface area contributed by atoms with Gasteiger partial charge in [-0.3, -0.25) is 4.79 Å². The molecule has 156 valence electrons. The van der Waals surface area contributed by atoms with Crippen molar-refractivity contribution in [2.75, 3.05) is 31.6 Å². The molecule has 0 aliphatic carbocycles. The largest absolute Gasteiger partial charge is 0.372 e. The summed E-state index contributed by atoms with van der Waals surface area (Å²) in [6, 6.07) is 16.9. The minimum absolute atomic E-state index is 0.0509. The Labute approximate surface area is 173 Å². The molecule has 4 nitrogen and oxygen atoms in total. The van der Waals surface area contributed by atoms with Crippen LogP contribution in [0.5, 0.6) is 0 Å². The van der Waals surface area contributed by atoms with Crippen LogP contribution in [0.2, 0.25) is 0 Å². The topological polar surface area (TPSA) is 32.8 Å². The van der Waals surface area contributed by atoms with Crippen LogP contribution in [0.25, 0.3) is 0 Å². The fraction of sp³-hybridized carbons (Fsp3) is 0.458. The van der Waals surface area contributed by atoms with E-state index in [-0.39, 0.29) is 23.7 Å². The van der Waals surface area contributed by atoms with Gasteiger partial charge in [0.05, 0.1) is 5.69 Å². The SMILES string of the molecule is COC(C)C(=O)N(c1ccccc1F)C1CCN(CCc2ccccc2)CC1C. The van der Waals surface area contributed by atoms with Crippen molar-refractivity contribution in [1.29, 1.82) is 0 Å². The summed E-state index contributed by atoms with van der Waals surface area (Å²) in [6.45, 7) is 6.63. The molecule has 3 unspecified atom stereocenters. The Kier molecular flexibility index (Phi) is 7.40. The molecular weight excluding hydrogens is 367 g/mol. The van der Waals surface area contributed by atoms with Crippen molar-refractivity contribution < 1.29 is 13.9 Å². The van der Waals surface area contributed by atoms with Crippen molar-refractivity contribution in [3.8, 4) is 0 Å². The molecule has 2 aromatic rings. The summed E-state index contributed by atoms with van der Waals surface area (Å²) < 4.78 is 19.9. The number of hydrogen-bond donors (Lipinski definition) is 0. The second kappa shape index (κ2) is 9.99. The maximum absolute atomic E-state index is 14.6. The molecule has 5 heteroatoms. The molecular formula is C24H31FN2O2. The van der Waals surface area contributed by atoms with Gasteiger partial charge >= 0.3 is 0 Å². The summed E-state index contributed by atoms with van der Waals surface area (Å²) in [5.74, 6) is -0.331. The van der Waals surface area contributed by atoms with Gasteiger partial charge in [0, 0.05) is 32.8 Å². The molecule has 0 bridgehead atoms. The average Bonchev–Trinajstić information content (AvgIpc) is 2.75. The normalized spacial score (nSPS) is 21.0. The fourth-order valence-electron chi connectivity index (χ4n) is 4.14. The van der Waals surface area contributed by atoms with Crippen LogP contribution in [0, 0.1) is 11.7 Å². The minimum Gasteiger partial charge on any atom is -0.372 e. The standard InChI is InChI=1S/C24H31FN2O2/c1-18-17-26(15-13-20-9-5-4-6-10-20)16-14-22(18)27(24(28)19(2)29-3)23-12-8-7-11-21(23)25/h4-12,18-19,22H,13-17H2,1-3H3. The zero-order valence-corrected chi connectivity index (χ0v) is 17.6. The molecule has 1 aliphatic rings. The van der Waals surface area contributed by atoms with Crippen LogP contribution in [0.1, 0.15) is 25.8 Å². The molecule has 3 atom stereocenters. The van der Waals surface area contributed by atoms with Crippen molar-refractivity contribution in [1.82, 2.24) is 4.90 Å². The van der Waals surface area contributed by atoms with Crippen LogP contribution < -0.4 is 4.90 Å². The van der Waals surface area contributed by atoms with E-state index in [1.54, 1.807) is 30.0 Å². The molecule has 1 heterocycles. The molecule has 29 heavy (non-hydrogen) atoms. The van der Waals surface area contributed by atoms with Gasteiger partial charge in [-0.2, -0.15) is 0 Å². The first-order valence-electron chi connectivity index (χ1n) is 10.4. The van der Waals surface area contributed by atoms with Crippen molar-refractivity contribution in [2.24, 2.45) is 5.92 Å². The van der Waals surface area contributed by atoms with E-state index in [9.17, 15) is 9.18 Å². The molecule has 1 fully saturated rings. The highest BCUT2D eigenvalue weighted by molar-refractivity contribution is 5.97. The molecule has 3 rings (SSSR count). The van der Waals surface area contributed by atoms with Crippen LogP contribution in [-0.2, 0) is 16.0 Å². The van der Waals surface area contributed by atoms with Gasteiger partial charge in [-0.05, 0) is 43.4 Å². The van der Waals surface area contributed by atoms with E-state index >= 15 is 0 Å². The summed E-state index contributed by atoms with van der Waals surface area (Å²) >= 11 is 0. The molecule has 2 aromatic carbocycles. The predicted molar refractivity (Wildman–Crippen MR) is 115 cm³/mol. The number of hydrogen-bond acceptors (Lipinski definition) is 3. The van der Waals surface area contributed by atoms with Crippen molar-refractivity contribution in [3.05, 3.63) is 66.0 Å². The number of methoxy groups -OCH3 is 1. The van der Waals surface area contributed by atoms with Crippen molar-refractivity contribution in [3.63, 3.8) is 0 Å². The number of likely N-dealkylation sites (tertiary alicyclic amines) is 1.